The van der Waals surface area contributed by atoms with Gasteiger partial charge < -0.3 is 9.67 Å². The van der Waals surface area contributed by atoms with Crippen LogP contribution in [-0.2, 0) is 11.3 Å². The second-order valence-corrected chi connectivity index (χ2v) is 5.32. The van der Waals surface area contributed by atoms with Gasteiger partial charge in [0, 0.05) is 12.5 Å². The number of aliphatic carboxylic acids is 1. The fourth-order valence-electron chi connectivity index (χ4n) is 3.12. The number of carboxylic acids is 1. The van der Waals surface area contributed by atoms with Crippen molar-refractivity contribution in [1.29, 1.82) is 0 Å². The van der Waals surface area contributed by atoms with Crippen LogP contribution in [0.15, 0.2) is 30.4 Å². The summed E-state index contributed by atoms with van der Waals surface area (Å²) in [5.74, 6) is -1.22. The zero-order valence-corrected chi connectivity index (χ0v) is 11.8. The van der Waals surface area contributed by atoms with Crippen LogP contribution in [0.5, 0.6) is 0 Å². The van der Waals surface area contributed by atoms with E-state index in [0.717, 1.165) is 5.52 Å². The van der Waals surface area contributed by atoms with Crippen molar-refractivity contribution >= 4 is 17.0 Å². The molecule has 1 aromatic carbocycles. The number of allylic oxidation sites excluding steroid dienone is 2. The minimum atomic E-state index is -0.820. The Morgan fingerprint density at radius 3 is 2.90 bits per heavy atom. The summed E-state index contributed by atoms with van der Waals surface area (Å²) in [6, 6.07) is 4.87. The van der Waals surface area contributed by atoms with Gasteiger partial charge in [0.2, 0.25) is 0 Å². The van der Waals surface area contributed by atoms with Crippen molar-refractivity contribution in [3.8, 4) is 0 Å². The van der Waals surface area contributed by atoms with Gasteiger partial charge in [0.1, 0.15) is 11.3 Å². The molecule has 0 amide bonds. The van der Waals surface area contributed by atoms with Gasteiger partial charge in [0.25, 0.3) is 0 Å². The summed E-state index contributed by atoms with van der Waals surface area (Å²) in [6.45, 7) is 2.60. The highest BCUT2D eigenvalue weighted by molar-refractivity contribution is 5.77. The number of rotatable bonds is 3. The highest BCUT2D eigenvalue weighted by atomic mass is 19.1. The third-order valence-electron chi connectivity index (χ3n) is 4.16. The van der Waals surface area contributed by atoms with E-state index in [1.807, 2.05) is 29.7 Å². The molecular formula is C16H17FN2O2. The maximum atomic E-state index is 13.9. The Morgan fingerprint density at radius 2 is 2.19 bits per heavy atom. The van der Waals surface area contributed by atoms with Crippen LogP contribution in [0.1, 0.15) is 31.5 Å². The summed E-state index contributed by atoms with van der Waals surface area (Å²) in [6.07, 6.45) is 5.01. The van der Waals surface area contributed by atoms with Crippen molar-refractivity contribution in [3.05, 3.63) is 42.0 Å². The van der Waals surface area contributed by atoms with Gasteiger partial charge in [-0.05, 0) is 31.9 Å². The molecule has 2 aromatic rings. The summed E-state index contributed by atoms with van der Waals surface area (Å²) < 4.78 is 15.9. The average Bonchev–Trinajstić information content (AvgIpc) is 2.87. The van der Waals surface area contributed by atoms with Crippen LogP contribution in [0.25, 0.3) is 11.0 Å². The van der Waals surface area contributed by atoms with E-state index < -0.39 is 11.9 Å². The first-order valence-electron chi connectivity index (χ1n) is 7.16. The lowest BCUT2D eigenvalue weighted by molar-refractivity contribution is -0.142. The van der Waals surface area contributed by atoms with Crippen LogP contribution in [0.4, 0.5) is 4.39 Å². The molecule has 0 radical (unpaired) electrons. The third-order valence-corrected chi connectivity index (χ3v) is 4.16. The number of benzene rings is 1. The lowest BCUT2D eigenvalue weighted by atomic mass is 9.82. The molecule has 21 heavy (non-hydrogen) atoms. The molecule has 1 N–H and O–H groups in total. The van der Waals surface area contributed by atoms with Gasteiger partial charge in [-0.2, -0.15) is 0 Å². The number of halogens is 1. The smallest absolute Gasteiger partial charge is 0.307 e. The molecule has 4 nitrogen and oxygen atoms in total. The lowest BCUT2D eigenvalue weighted by Gasteiger charge is -2.25. The van der Waals surface area contributed by atoms with Gasteiger partial charge in [-0.15, -0.1) is 0 Å². The molecule has 0 bridgehead atoms. The Labute approximate surface area is 121 Å². The van der Waals surface area contributed by atoms with Gasteiger partial charge in [-0.3, -0.25) is 4.79 Å². The Morgan fingerprint density at radius 1 is 1.43 bits per heavy atom. The van der Waals surface area contributed by atoms with E-state index >= 15 is 0 Å². The molecule has 3 rings (SSSR count). The number of aromatic nitrogens is 2. The fraction of sp³-hybridized carbons (Fsp3) is 0.375. The number of imidazole rings is 1. The summed E-state index contributed by atoms with van der Waals surface area (Å²) in [5.41, 5.74) is 1.05. The predicted molar refractivity (Wildman–Crippen MR) is 77.6 cm³/mol. The van der Waals surface area contributed by atoms with Crippen LogP contribution < -0.4 is 0 Å². The minimum absolute atomic E-state index is 0.209. The van der Waals surface area contributed by atoms with Crippen LogP contribution in [0.3, 0.4) is 0 Å². The van der Waals surface area contributed by atoms with Gasteiger partial charge in [-0.1, -0.05) is 18.2 Å². The number of para-hydroxylation sites is 1. The minimum Gasteiger partial charge on any atom is -0.481 e. The van der Waals surface area contributed by atoms with Gasteiger partial charge in [0.05, 0.1) is 11.4 Å². The average molecular weight is 288 g/mol. The number of aryl methyl sites for hydroxylation is 1. The molecule has 1 heterocycles. The third kappa shape index (κ3) is 2.22. The van der Waals surface area contributed by atoms with Crippen LogP contribution in [0.2, 0.25) is 0 Å². The highest BCUT2D eigenvalue weighted by Gasteiger charge is 2.33. The molecule has 0 saturated heterocycles. The maximum Gasteiger partial charge on any atom is 0.307 e. The second-order valence-electron chi connectivity index (χ2n) is 5.32. The number of hydrogen-bond acceptors (Lipinski definition) is 2. The van der Waals surface area contributed by atoms with E-state index in [2.05, 4.69) is 4.98 Å². The molecule has 1 aromatic heterocycles. The Hall–Kier alpha value is -2.17. The van der Waals surface area contributed by atoms with E-state index in [4.69, 9.17) is 0 Å². The molecule has 2 atom stereocenters. The standard InChI is InChI=1S/C16H17FN2O2/c1-2-19-13-9-5-8-12(17)14(13)18-15(19)10-6-3-4-7-11(10)16(20)21/h3-5,8-11H,2,6-7H2,1H3,(H,20,21)/t10-,11+/m1/s1. The van der Waals surface area contributed by atoms with E-state index in [0.29, 0.717) is 30.7 Å². The van der Waals surface area contributed by atoms with Crippen LogP contribution >= 0.6 is 0 Å². The van der Waals surface area contributed by atoms with E-state index in [1.54, 1.807) is 6.07 Å². The lowest BCUT2D eigenvalue weighted by Crippen LogP contribution is -2.25. The molecule has 0 saturated carbocycles. The Kier molecular flexibility index (Phi) is 3.49. The number of carboxylic acid groups (broad SMARTS) is 1. The molecule has 0 aliphatic heterocycles. The number of fused-ring (bicyclic) bond motifs is 1. The van der Waals surface area contributed by atoms with Crippen LogP contribution in [0, 0.1) is 11.7 Å². The highest BCUT2D eigenvalue weighted by Crippen LogP contribution is 2.36. The Bertz CT molecular complexity index is 720. The summed E-state index contributed by atoms with van der Waals surface area (Å²) in [5, 5.41) is 9.42. The Balaban J connectivity index is 2.17. The van der Waals surface area contributed by atoms with E-state index in [-0.39, 0.29) is 11.7 Å². The normalized spacial score (nSPS) is 21.8. The second kappa shape index (κ2) is 5.31. The fourth-order valence-corrected chi connectivity index (χ4v) is 3.12. The first kappa shape index (κ1) is 13.8. The zero-order chi connectivity index (χ0) is 15.0. The van der Waals surface area contributed by atoms with Gasteiger partial charge in [0.15, 0.2) is 5.82 Å². The first-order valence-corrected chi connectivity index (χ1v) is 7.16. The van der Waals surface area contributed by atoms with Crippen molar-refractivity contribution in [2.75, 3.05) is 0 Å². The maximum absolute atomic E-state index is 13.9. The van der Waals surface area contributed by atoms with Crippen molar-refractivity contribution in [2.24, 2.45) is 5.92 Å². The van der Waals surface area contributed by atoms with Crippen molar-refractivity contribution in [2.45, 2.75) is 32.2 Å². The monoisotopic (exact) mass is 288 g/mol. The molecule has 0 spiro atoms. The number of carbonyl (C=O) groups is 1. The topological polar surface area (TPSA) is 55.1 Å². The summed E-state index contributed by atoms with van der Waals surface area (Å²) in [7, 11) is 0. The van der Waals surface area contributed by atoms with Crippen LogP contribution in [-0.4, -0.2) is 20.6 Å². The van der Waals surface area contributed by atoms with Crippen molar-refractivity contribution < 1.29 is 14.3 Å². The van der Waals surface area contributed by atoms with E-state index in [9.17, 15) is 14.3 Å². The number of nitrogens with zero attached hydrogens (tertiary/aromatic N) is 2. The first-order chi connectivity index (χ1) is 10.1. The zero-order valence-electron chi connectivity index (χ0n) is 11.8. The number of hydrogen-bond donors (Lipinski definition) is 1. The van der Waals surface area contributed by atoms with Gasteiger partial charge in [-0.25, -0.2) is 9.37 Å². The molecule has 110 valence electrons. The molecular weight excluding hydrogens is 271 g/mol. The quantitative estimate of drug-likeness (QED) is 0.881. The van der Waals surface area contributed by atoms with E-state index in [1.165, 1.54) is 6.07 Å². The molecule has 0 unspecified atom stereocenters. The molecule has 0 fully saturated rings. The molecule has 1 aliphatic carbocycles. The SMILES string of the molecule is CCn1c([C@@H]2CC=CC[C@@H]2C(=O)O)nc2c(F)cccc21. The van der Waals surface area contributed by atoms with Crippen molar-refractivity contribution in [3.63, 3.8) is 0 Å². The van der Waals surface area contributed by atoms with Gasteiger partial charge >= 0.3 is 5.97 Å². The molecule has 1 aliphatic rings. The molecule has 5 heteroatoms. The summed E-state index contributed by atoms with van der Waals surface area (Å²) in [4.78, 5) is 15.9. The largest absolute Gasteiger partial charge is 0.481 e. The van der Waals surface area contributed by atoms with Crippen molar-refractivity contribution in [1.82, 2.24) is 9.55 Å². The summed E-state index contributed by atoms with van der Waals surface area (Å²) >= 11 is 0. The predicted octanol–water partition coefficient (Wildman–Crippen LogP) is 3.33.